The normalized spacial score (nSPS) is 15.3. The first-order valence-corrected chi connectivity index (χ1v) is 7.26. The van der Waals surface area contributed by atoms with Gasteiger partial charge in [-0.3, -0.25) is 25.5 Å². The Hall–Kier alpha value is -3.03. The van der Waals surface area contributed by atoms with E-state index in [4.69, 9.17) is 9.47 Å². The lowest BCUT2D eigenvalue weighted by Crippen LogP contribution is -2.41. The minimum absolute atomic E-state index is 0.139. The van der Waals surface area contributed by atoms with Crippen LogP contribution < -0.4 is 20.3 Å². The van der Waals surface area contributed by atoms with E-state index in [0.717, 1.165) is 18.5 Å². The summed E-state index contributed by atoms with van der Waals surface area (Å²) in [5.74, 6) is 0.657. The molecule has 1 aliphatic carbocycles. The van der Waals surface area contributed by atoms with E-state index in [0.29, 0.717) is 23.0 Å². The van der Waals surface area contributed by atoms with E-state index in [1.165, 1.54) is 0 Å². The fourth-order valence-corrected chi connectivity index (χ4v) is 2.34. The third-order valence-electron chi connectivity index (χ3n) is 3.77. The van der Waals surface area contributed by atoms with Crippen LogP contribution in [0, 0.1) is 0 Å². The lowest BCUT2D eigenvalue weighted by molar-refractivity contribution is 0.0844. The Morgan fingerprint density at radius 2 is 1.87 bits per heavy atom. The van der Waals surface area contributed by atoms with Gasteiger partial charge in [-0.05, 0) is 37.1 Å². The number of aromatic amines is 1. The van der Waals surface area contributed by atoms with E-state index in [9.17, 15) is 9.59 Å². The van der Waals surface area contributed by atoms with E-state index in [1.54, 1.807) is 24.3 Å². The van der Waals surface area contributed by atoms with Gasteiger partial charge < -0.3 is 9.47 Å². The van der Waals surface area contributed by atoms with E-state index in [2.05, 4.69) is 21.0 Å². The predicted octanol–water partition coefficient (Wildman–Crippen LogP) is 1.09. The van der Waals surface area contributed by atoms with Crippen molar-refractivity contribution in [3.8, 4) is 11.5 Å². The summed E-state index contributed by atoms with van der Waals surface area (Å²) in [4.78, 5) is 24.0. The van der Waals surface area contributed by atoms with Crippen LogP contribution in [0.1, 0.15) is 45.3 Å². The average Bonchev–Trinajstić information content (AvgIpc) is 3.12. The van der Waals surface area contributed by atoms with Gasteiger partial charge in [0.25, 0.3) is 11.8 Å². The number of hydrogen-bond donors (Lipinski definition) is 3. The molecule has 23 heavy (non-hydrogen) atoms. The number of benzene rings is 1. The molecule has 118 valence electrons. The van der Waals surface area contributed by atoms with E-state index in [-0.39, 0.29) is 12.5 Å². The van der Waals surface area contributed by atoms with E-state index in [1.807, 2.05) is 0 Å². The zero-order chi connectivity index (χ0) is 15.8. The Labute approximate surface area is 131 Å². The zero-order valence-corrected chi connectivity index (χ0v) is 12.1. The minimum atomic E-state index is -0.470. The molecule has 8 heteroatoms. The van der Waals surface area contributed by atoms with Gasteiger partial charge in [0.2, 0.25) is 6.79 Å². The van der Waals surface area contributed by atoms with Gasteiger partial charge in [-0.2, -0.15) is 5.10 Å². The Kier molecular flexibility index (Phi) is 3.14. The van der Waals surface area contributed by atoms with E-state index < -0.39 is 11.8 Å². The van der Waals surface area contributed by atoms with Crippen LogP contribution in [0.4, 0.5) is 0 Å². The maximum atomic E-state index is 12.1. The van der Waals surface area contributed by atoms with Crippen LogP contribution >= 0.6 is 0 Å². The van der Waals surface area contributed by atoms with Crippen molar-refractivity contribution in [2.75, 3.05) is 6.79 Å². The largest absolute Gasteiger partial charge is 0.454 e. The van der Waals surface area contributed by atoms with Crippen LogP contribution in [-0.4, -0.2) is 28.8 Å². The number of fused-ring (bicyclic) bond motifs is 1. The molecule has 0 spiro atoms. The Bertz CT molecular complexity index is 782. The first-order valence-electron chi connectivity index (χ1n) is 7.26. The van der Waals surface area contributed by atoms with Crippen molar-refractivity contribution in [3.05, 3.63) is 41.2 Å². The van der Waals surface area contributed by atoms with Gasteiger partial charge in [0.1, 0.15) is 0 Å². The highest BCUT2D eigenvalue weighted by Gasteiger charge is 2.26. The van der Waals surface area contributed by atoms with Gasteiger partial charge in [0.15, 0.2) is 17.2 Å². The van der Waals surface area contributed by atoms with Gasteiger partial charge in [0, 0.05) is 17.2 Å². The standard InChI is InChI=1S/C15H14N4O4/c20-14(9-3-4-12-13(5-9)23-7-22-12)18-19-15(21)11-6-10(16-17-11)8-1-2-8/h3-6,8H,1-2,7H2,(H,16,17)(H,18,20)(H,19,21). The molecule has 1 aliphatic heterocycles. The van der Waals surface area contributed by atoms with Crippen LogP contribution in [0.25, 0.3) is 0 Å². The highest BCUT2D eigenvalue weighted by molar-refractivity contribution is 5.98. The van der Waals surface area contributed by atoms with Crippen LogP contribution in [0.5, 0.6) is 11.5 Å². The van der Waals surface area contributed by atoms with Crippen LogP contribution in [0.15, 0.2) is 24.3 Å². The molecule has 3 N–H and O–H groups in total. The lowest BCUT2D eigenvalue weighted by Gasteiger charge is -2.06. The number of ether oxygens (including phenoxy) is 2. The number of rotatable bonds is 3. The Morgan fingerprint density at radius 1 is 1.09 bits per heavy atom. The molecular weight excluding hydrogens is 300 g/mol. The third-order valence-corrected chi connectivity index (χ3v) is 3.77. The number of nitrogens with one attached hydrogen (secondary N) is 3. The van der Waals surface area contributed by atoms with Crippen molar-refractivity contribution in [2.24, 2.45) is 0 Å². The number of amides is 2. The summed E-state index contributed by atoms with van der Waals surface area (Å²) in [5, 5.41) is 6.79. The lowest BCUT2D eigenvalue weighted by atomic mass is 10.2. The maximum Gasteiger partial charge on any atom is 0.290 e. The fraction of sp³-hybridized carbons (Fsp3) is 0.267. The monoisotopic (exact) mass is 314 g/mol. The predicted molar refractivity (Wildman–Crippen MR) is 78.1 cm³/mol. The van der Waals surface area contributed by atoms with Crippen LogP contribution in [0.2, 0.25) is 0 Å². The van der Waals surface area contributed by atoms with Crippen molar-refractivity contribution in [1.82, 2.24) is 21.0 Å². The molecular formula is C15H14N4O4. The summed E-state index contributed by atoms with van der Waals surface area (Å²) in [6.07, 6.45) is 2.23. The first kappa shape index (κ1) is 13.6. The molecule has 1 saturated carbocycles. The van der Waals surface area contributed by atoms with Gasteiger partial charge in [-0.15, -0.1) is 0 Å². The number of aromatic nitrogens is 2. The maximum absolute atomic E-state index is 12.1. The topological polar surface area (TPSA) is 105 Å². The first-order chi connectivity index (χ1) is 11.2. The van der Waals surface area contributed by atoms with Gasteiger partial charge >= 0.3 is 0 Å². The Morgan fingerprint density at radius 3 is 2.70 bits per heavy atom. The smallest absolute Gasteiger partial charge is 0.290 e. The molecule has 2 amide bonds. The summed E-state index contributed by atoms with van der Waals surface area (Å²) in [5.41, 5.74) is 6.26. The molecule has 2 heterocycles. The number of nitrogens with zero attached hydrogens (tertiary/aromatic N) is 1. The molecule has 2 aromatic rings. The number of carbonyl (C=O) groups is 2. The van der Waals surface area contributed by atoms with Crippen LogP contribution in [0.3, 0.4) is 0 Å². The molecule has 1 aromatic heterocycles. The molecule has 4 rings (SSSR count). The second-order valence-corrected chi connectivity index (χ2v) is 5.46. The second-order valence-electron chi connectivity index (χ2n) is 5.46. The summed E-state index contributed by atoms with van der Waals surface area (Å²) < 4.78 is 10.4. The number of hydrogen-bond acceptors (Lipinski definition) is 5. The fourth-order valence-electron chi connectivity index (χ4n) is 2.34. The second kappa shape index (κ2) is 5.31. The van der Waals surface area contributed by atoms with Crippen molar-refractivity contribution >= 4 is 11.8 Å². The molecule has 1 fully saturated rings. The molecule has 8 nitrogen and oxygen atoms in total. The molecule has 0 atom stereocenters. The minimum Gasteiger partial charge on any atom is -0.454 e. The summed E-state index contributed by atoms with van der Waals surface area (Å²) in [6, 6.07) is 6.51. The highest BCUT2D eigenvalue weighted by Crippen LogP contribution is 2.39. The van der Waals surface area contributed by atoms with Crippen molar-refractivity contribution in [3.63, 3.8) is 0 Å². The quantitative estimate of drug-likeness (QED) is 0.736. The molecule has 1 aromatic carbocycles. The number of hydrazine groups is 1. The number of H-pyrrole nitrogens is 1. The molecule has 2 aliphatic rings. The molecule has 0 saturated heterocycles. The summed E-state index contributed by atoms with van der Waals surface area (Å²) in [6.45, 7) is 0.139. The molecule has 0 unspecified atom stereocenters. The SMILES string of the molecule is O=C(NNC(=O)c1cc(C2CC2)[nH]n1)c1ccc2c(c1)OCO2. The van der Waals surface area contributed by atoms with Crippen molar-refractivity contribution in [2.45, 2.75) is 18.8 Å². The molecule has 0 bridgehead atoms. The van der Waals surface area contributed by atoms with Gasteiger partial charge in [-0.25, -0.2) is 0 Å². The summed E-state index contributed by atoms with van der Waals surface area (Å²) >= 11 is 0. The van der Waals surface area contributed by atoms with Gasteiger partial charge in [-0.1, -0.05) is 0 Å². The Balaban J connectivity index is 1.37. The third kappa shape index (κ3) is 2.70. The molecule has 0 radical (unpaired) electrons. The average molecular weight is 314 g/mol. The van der Waals surface area contributed by atoms with Crippen LogP contribution in [-0.2, 0) is 0 Å². The zero-order valence-electron chi connectivity index (χ0n) is 12.1. The van der Waals surface area contributed by atoms with Gasteiger partial charge in [0.05, 0.1) is 0 Å². The van der Waals surface area contributed by atoms with Crippen molar-refractivity contribution in [1.29, 1.82) is 0 Å². The number of carbonyl (C=O) groups excluding carboxylic acids is 2. The summed E-state index contributed by atoms with van der Waals surface area (Å²) in [7, 11) is 0. The van der Waals surface area contributed by atoms with Crippen molar-refractivity contribution < 1.29 is 19.1 Å². The van der Waals surface area contributed by atoms with E-state index >= 15 is 0 Å². The highest BCUT2D eigenvalue weighted by atomic mass is 16.7.